The molecule has 1 rings (SSSR count). The molecule has 0 aliphatic carbocycles. The number of ether oxygens (including phenoxy) is 1. The summed E-state index contributed by atoms with van der Waals surface area (Å²) in [4.78, 5) is 25.2. The summed E-state index contributed by atoms with van der Waals surface area (Å²) in [5.41, 5.74) is 0.0881. The fourth-order valence-corrected chi connectivity index (χ4v) is 1.14. The van der Waals surface area contributed by atoms with Gasteiger partial charge in [0.15, 0.2) is 0 Å². The van der Waals surface area contributed by atoms with Crippen molar-refractivity contribution in [2.75, 3.05) is 0 Å². The molecule has 0 saturated carbocycles. The molecular weight excluding hydrogens is 222 g/mol. The van der Waals surface area contributed by atoms with Gasteiger partial charge in [-0.3, -0.25) is 4.79 Å². The van der Waals surface area contributed by atoms with E-state index in [1.165, 1.54) is 18.2 Å². The molecular formula is C9H8ClNO4. The van der Waals surface area contributed by atoms with Gasteiger partial charge < -0.3 is 9.84 Å². The highest BCUT2D eigenvalue weighted by molar-refractivity contribution is 6.29. The number of carboxylic acid groups (broad SMARTS) is 1. The number of carbonyl (C=O) groups excluding carboxylic acids is 1. The molecule has 1 atom stereocenters. The molecule has 1 aromatic heterocycles. The first-order valence-electron chi connectivity index (χ1n) is 4.03. The fourth-order valence-electron chi connectivity index (χ4n) is 0.973. The van der Waals surface area contributed by atoms with E-state index in [1.54, 1.807) is 0 Å². The molecule has 0 spiro atoms. The van der Waals surface area contributed by atoms with Crippen LogP contribution in [0.25, 0.3) is 0 Å². The minimum Gasteiger partial charge on any atom is -0.478 e. The van der Waals surface area contributed by atoms with Crippen LogP contribution in [-0.2, 0) is 14.3 Å². The van der Waals surface area contributed by atoms with Gasteiger partial charge in [-0.1, -0.05) is 17.7 Å². The van der Waals surface area contributed by atoms with Gasteiger partial charge in [0.25, 0.3) is 0 Å². The lowest BCUT2D eigenvalue weighted by molar-refractivity contribution is -0.163. The van der Waals surface area contributed by atoms with Crippen LogP contribution in [0.2, 0.25) is 5.15 Å². The Balaban J connectivity index is 2.98. The minimum atomic E-state index is -1.42. The van der Waals surface area contributed by atoms with Crippen molar-refractivity contribution in [1.29, 1.82) is 0 Å². The third-order valence-electron chi connectivity index (χ3n) is 1.51. The highest BCUT2D eigenvalue weighted by Gasteiger charge is 2.24. The van der Waals surface area contributed by atoms with E-state index in [0.717, 1.165) is 6.92 Å². The van der Waals surface area contributed by atoms with Crippen molar-refractivity contribution in [3.63, 3.8) is 0 Å². The summed E-state index contributed by atoms with van der Waals surface area (Å²) in [5, 5.41) is 8.95. The van der Waals surface area contributed by atoms with Crippen LogP contribution in [0.3, 0.4) is 0 Å². The van der Waals surface area contributed by atoms with Crippen LogP contribution in [0, 0.1) is 0 Å². The zero-order valence-corrected chi connectivity index (χ0v) is 8.56. The standard InChI is InChI=1S/C9H8ClNO4/c1-5(12)15-8(9(13)14)6-3-2-4-7(10)11-6/h2-4,8H,1H3,(H,13,14). The van der Waals surface area contributed by atoms with Crippen LogP contribution in [0.1, 0.15) is 18.7 Å². The fraction of sp³-hybridized carbons (Fsp3) is 0.222. The van der Waals surface area contributed by atoms with Gasteiger partial charge in [0.2, 0.25) is 6.10 Å². The van der Waals surface area contributed by atoms with E-state index < -0.39 is 18.0 Å². The van der Waals surface area contributed by atoms with E-state index in [9.17, 15) is 9.59 Å². The molecule has 0 aliphatic rings. The number of aliphatic carboxylic acids is 1. The SMILES string of the molecule is CC(=O)OC(C(=O)O)c1cccc(Cl)n1. The molecule has 0 radical (unpaired) electrons. The smallest absolute Gasteiger partial charge is 0.351 e. The lowest BCUT2D eigenvalue weighted by Gasteiger charge is -2.11. The number of rotatable bonds is 3. The van der Waals surface area contributed by atoms with Crippen molar-refractivity contribution in [2.45, 2.75) is 13.0 Å². The summed E-state index contributed by atoms with van der Waals surface area (Å²) < 4.78 is 4.59. The molecule has 0 fully saturated rings. The van der Waals surface area contributed by atoms with Gasteiger partial charge in [-0.25, -0.2) is 9.78 Å². The zero-order valence-electron chi connectivity index (χ0n) is 7.81. The van der Waals surface area contributed by atoms with Crippen LogP contribution in [0.15, 0.2) is 18.2 Å². The Morgan fingerprint density at radius 2 is 2.20 bits per heavy atom. The van der Waals surface area contributed by atoms with Crippen LogP contribution >= 0.6 is 11.6 Å². The molecule has 0 aliphatic heterocycles. The number of hydrogen-bond donors (Lipinski definition) is 1. The van der Waals surface area contributed by atoms with Crippen LogP contribution < -0.4 is 0 Å². The summed E-state index contributed by atoms with van der Waals surface area (Å²) >= 11 is 5.59. The van der Waals surface area contributed by atoms with Gasteiger partial charge in [0.1, 0.15) is 5.15 Å². The molecule has 5 nitrogen and oxygen atoms in total. The van der Waals surface area contributed by atoms with Crippen molar-refractivity contribution in [1.82, 2.24) is 4.98 Å². The Labute approximate surface area is 90.6 Å². The minimum absolute atomic E-state index is 0.0881. The molecule has 6 heteroatoms. The first-order valence-corrected chi connectivity index (χ1v) is 4.41. The summed E-state index contributed by atoms with van der Waals surface area (Å²) in [6.45, 7) is 1.13. The van der Waals surface area contributed by atoms with Crippen LogP contribution in [0.4, 0.5) is 0 Å². The number of halogens is 1. The quantitative estimate of drug-likeness (QED) is 0.627. The van der Waals surface area contributed by atoms with Gasteiger partial charge in [-0.05, 0) is 12.1 Å². The monoisotopic (exact) mass is 229 g/mol. The Bertz CT molecular complexity index is 393. The van der Waals surface area contributed by atoms with Crippen molar-refractivity contribution >= 4 is 23.5 Å². The number of esters is 1. The number of hydrogen-bond acceptors (Lipinski definition) is 4. The maximum absolute atomic E-state index is 10.8. The topological polar surface area (TPSA) is 76.5 Å². The molecule has 0 saturated heterocycles. The predicted molar refractivity (Wildman–Crippen MR) is 51.4 cm³/mol. The van der Waals surface area contributed by atoms with Gasteiger partial charge >= 0.3 is 11.9 Å². The highest BCUT2D eigenvalue weighted by Crippen LogP contribution is 2.17. The molecule has 15 heavy (non-hydrogen) atoms. The number of nitrogens with zero attached hydrogens (tertiary/aromatic N) is 1. The van der Waals surface area contributed by atoms with Gasteiger partial charge in [0, 0.05) is 6.92 Å². The van der Waals surface area contributed by atoms with Gasteiger partial charge in [0.05, 0.1) is 5.69 Å². The summed E-state index contributed by atoms with van der Waals surface area (Å²) in [5.74, 6) is -1.98. The molecule has 1 N–H and O–H groups in total. The molecule has 0 bridgehead atoms. The van der Waals surface area contributed by atoms with E-state index in [0.29, 0.717) is 0 Å². The molecule has 1 unspecified atom stereocenters. The van der Waals surface area contributed by atoms with Gasteiger partial charge in [-0.2, -0.15) is 0 Å². The lowest BCUT2D eigenvalue weighted by Crippen LogP contribution is -2.18. The Kier molecular flexibility index (Phi) is 3.62. The first-order chi connectivity index (χ1) is 7.00. The second kappa shape index (κ2) is 4.75. The first kappa shape index (κ1) is 11.5. The molecule has 0 aromatic carbocycles. The number of pyridine rings is 1. The van der Waals surface area contributed by atoms with E-state index >= 15 is 0 Å². The normalized spacial score (nSPS) is 11.9. The van der Waals surface area contributed by atoms with Gasteiger partial charge in [-0.15, -0.1) is 0 Å². The van der Waals surface area contributed by atoms with Crippen LogP contribution in [0.5, 0.6) is 0 Å². The predicted octanol–water partition coefficient (Wildman–Crippen LogP) is 1.42. The number of carbonyl (C=O) groups is 2. The Morgan fingerprint density at radius 1 is 1.53 bits per heavy atom. The summed E-state index contributed by atoms with van der Waals surface area (Å²) in [6, 6.07) is 4.45. The Hall–Kier alpha value is -1.62. The zero-order chi connectivity index (χ0) is 11.4. The summed E-state index contributed by atoms with van der Waals surface area (Å²) in [6.07, 6.45) is -1.42. The van der Waals surface area contributed by atoms with Crippen molar-refractivity contribution in [3.8, 4) is 0 Å². The Morgan fingerprint density at radius 3 is 2.67 bits per heavy atom. The second-order valence-corrected chi connectivity index (χ2v) is 3.10. The maximum Gasteiger partial charge on any atom is 0.351 e. The third kappa shape index (κ3) is 3.21. The average molecular weight is 230 g/mol. The van der Waals surface area contributed by atoms with Crippen LogP contribution in [-0.4, -0.2) is 22.0 Å². The molecule has 1 aromatic rings. The lowest BCUT2D eigenvalue weighted by atomic mass is 10.2. The second-order valence-electron chi connectivity index (χ2n) is 2.71. The largest absolute Gasteiger partial charge is 0.478 e. The average Bonchev–Trinajstić information content (AvgIpc) is 2.13. The third-order valence-corrected chi connectivity index (χ3v) is 1.72. The van der Waals surface area contributed by atoms with Crippen molar-refractivity contribution < 1.29 is 19.4 Å². The number of aromatic nitrogens is 1. The molecule has 1 heterocycles. The highest BCUT2D eigenvalue weighted by atomic mass is 35.5. The molecule has 0 amide bonds. The van der Waals surface area contributed by atoms with Crippen molar-refractivity contribution in [3.05, 3.63) is 29.0 Å². The number of carboxylic acids is 1. The molecule has 80 valence electrons. The maximum atomic E-state index is 10.8. The van der Waals surface area contributed by atoms with Crippen molar-refractivity contribution in [2.24, 2.45) is 0 Å². The van der Waals surface area contributed by atoms with E-state index in [1.807, 2.05) is 0 Å². The van der Waals surface area contributed by atoms with E-state index in [-0.39, 0.29) is 10.8 Å². The van der Waals surface area contributed by atoms with E-state index in [2.05, 4.69) is 9.72 Å². The summed E-state index contributed by atoms with van der Waals surface area (Å²) in [7, 11) is 0. The van der Waals surface area contributed by atoms with E-state index in [4.69, 9.17) is 16.7 Å².